The van der Waals surface area contributed by atoms with Crippen LogP contribution >= 0.6 is 0 Å². The van der Waals surface area contributed by atoms with Gasteiger partial charge in [0, 0.05) is 5.92 Å². The number of H-pyrrole nitrogens is 1. The minimum Gasteiger partial charge on any atom is -0.480 e. The zero-order chi connectivity index (χ0) is 24.5. The van der Waals surface area contributed by atoms with Gasteiger partial charge in [0.15, 0.2) is 0 Å². The third-order valence-electron chi connectivity index (χ3n) is 5.65. The number of aliphatic carboxylic acids is 1. The molecule has 34 heavy (non-hydrogen) atoms. The van der Waals surface area contributed by atoms with E-state index in [0.29, 0.717) is 0 Å². The van der Waals surface area contributed by atoms with Gasteiger partial charge in [-0.05, 0) is 27.7 Å². The molecule has 176 valence electrons. The van der Waals surface area contributed by atoms with Gasteiger partial charge in [0.1, 0.15) is 12.6 Å². The molecule has 1 heterocycles. The number of carbonyl (C=O) groups is 3. The highest BCUT2D eigenvalue weighted by Crippen LogP contribution is 2.44. The number of rotatable bonds is 6. The van der Waals surface area contributed by atoms with Crippen LogP contribution in [0.3, 0.4) is 0 Å². The molecule has 0 bridgehead atoms. The highest BCUT2D eigenvalue weighted by molar-refractivity contribution is 5.94. The molecule has 1 atom stereocenters. The first-order valence-electron chi connectivity index (χ1n) is 10.7. The van der Waals surface area contributed by atoms with E-state index in [-0.39, 0.29) is 24.3 Å². The summed E-state index contributed by atoms with van der Waals surface area (Å²) in [5, 5.41) is 20.3. The summed E-state index contributed by atoms with van der Waals surface area (Å²) in [7, 11) is 0. The number of carbonyl (C=O) groups excluding carboxylic acids is 2. The van der Waals surface area contributed by atoms with Gasteiger partial charge in [-0.25, -0.2) is 9.59 Å². The van der Waals surface area contributed by atoms with E-state index in [9.17, 15) is 19.5 Å². The van der Waals surface area contributed by atoms with Crippen LogP contribution in [0.5, 0.6) is 0 Å². The number of anilines is 1. The van der Waals surface area contributed by atoms with Crippen LogP contribution in [0.4, 0.5) is 10.7 Å². The van der Waals surface area contributed by atoms with Crippen LogP contribution in [0.1, 0.15) is 48.4 Å². The van der Waals surface area contributed by atoms with Crippen molar-refractivity contribution in [1.82, 2.24) is 20.5 Å². The zero-order valence-electron chi connectivity index (χ0n) is 19.0. The van der Waals surface area contributed by atoms with Crippen molar-refractivity contribution in [3.63, 3.8) is 0 Å². The number of benzene rings is 2. The monoisotopic (exact) mass is 463 g/mol. The lowest BCUT2D eigenvalue weighted by Gasteiger charge is -2.27. The van der Waals surface area contributed by atoms with Crippen LogP contribution in [-0.4, -0.2) is 50.9 Å². The molecule has 4 N–H and O–H groups in total. The predicted molar refractivity (Wildman–Crippen MR) is 123 cm³/mol. The van der Waals surface area contributed by atoms with Crippen molar-refractivity contribution in [2.45, 2.75) is 32.7 Å². The van der Waals surface area contributed by atoms with Crippen molar-refractivity contribution in [2.75, 3.05) is 11.9 Å². The van der Waals surface area contributed by atoms with Crippen LogP contribution in [0.25, 0.3) is 11.1 Å². The molecule has 0 radical (unpaired) electrons. The predicted octanol–water partition coefficient (Wildman–Crippen LogP) is 3.39. The molecule has 0 saturated carbocycles. The van der Waals surface area contributed by atoms with Gasteiger partial charge in [-0.3, -0.25) is 15.2 Å². The Labute approximate surface area is 195 Å². The molecule has 2 aromatic carbocycles. The molecule has 0 spiro atoms. The number of hydrogen-bond donors (Lipinski definition) is 4. The summed E-state index contributed by atoms with van der Waals surface area (Å²) in [6.45, 7) is 5.19. The third-order valence-corrected chi connectivity index (χ3v) is 5.65. The number of carboxylic acid groups (broad SMARTS) is 1. The largest absolute Gasteiger partial charge is 0.480 e. The van der Waals surface area contributed by atoms with E-state index in [1.165, 1.54) is 0 Å². The number of aromatic amines is 1. The standard InChI is InChI=1S/C24H25N5O5/c1-24(2,3)18(21(31)32)25-20(30)19-26-22(29-28-19)27-23(33)34-12-17-15-10-6-4-8-13(15)14-9-5-7-11-16(14)17/h4-11,17-18H,12H2,1-3H3,(H,25,30)(H,31,32)(H2,26,27,28,29,33)/t18-/m0/s1. The number of aromatic nitrogens is 3. The number of amides is 2. The maximum absolute atomic E-state index is 12.4. The highest BCUT2D eigenvalue weighted by atomic mass is 16.5. The zero-order valence-corrected chi connectivity index (χ0v) is 19.0. The second-order valence-corrected chi connectivity index (χ2v) is 9.07. The summed E-state index contributed by atoms with van der Waals surface area (Å²) in [6.07, 6.45) is -0.772. The fourth-order valence-electron chi connectivity index (χ4n) is 3.99. The quantitative estimate of drug-likeness (QED) is 0.438. The van der Waals surface area contributed by atoms with Crippen molar-refractivity contribution < 1.29 is 24.2 Å². The lowest BCUT2D eigenvalue weighted by Crippen LogP contribution is -2.49. The molecule has 2 amide bonds. The molecule has 0 aliphatic heterocycles. The summed E-state index contributed by atoms with van der Waals surface area (Å²) in [4.78, 5) is 40.1. The number of nitrogens with one attached hydrogen (secondary N) is 3. The molecule has 3 aromatic rings. The van der Waals surface area contributed by atoms with Crippen LogP contribution in [0, 0.1) is 5.41 Å². The fourth-order valence-corrected chi connectivity index (χ4v) is 3.99. The maximum Gasteiger partial charge on any atom is 0.414 e. The number of fused-ring (bicyclic) bond motifs is 3. The Morgan fingerprint density at radius 3 is 2.21 bits per heavy atom. The average Bonchev–Trinajstić information content (AvgIpc) is 3.37. The smallest absolute Gasteiger partial charge is 0.414 e. The lowest BCUT2D eigenvalue weighted by molar-refractivity contribution is -0.142. The normalized spacial score (nSPS) is 13.5. The van der Waals surface area contributed by atoms with Gasteiger partial charge in [0.05, 0.1) is 0 Å². The summed E-state index contributed by atoms with van der Waals surface area (Å²) in [6, 6.07) is 14.8. The molecule has 10 heteroatoms. The molecule has 0 fully saturated rings. The highest BCUT2D eigenvalue weighted by Gasteiger charge is 2.34. The van der Waals surface area contributed by atoms with E-state index < -0.39 is 29.4 Å². The first-order chi connectivity index (χ1) is 16.1. The molecule has 0 unspecified atom stereocenters. The number of carboxylic acids is 1. The van der Waals surface area contributed by atoms with Crippen LogP contribution in [0.2, 0.25) is 0 Å². The van der Waals surface area contributed by atoms with Crippen molar-refractivity contribution in [3.8, 4) is 11.1 Å². The molecule has 0 saturated heterocycles. The van der Waals surface area contributed by atoms with Crippen molar-refractivity contribution in [1.29, 1.82) is 0 Å². The Hall–Kier alpha value is -4.21. The number of nitrogens with zero attached hydrogens (tertiary/aromatic N) is 2. The van der Waals surface area contributed by atoms with Crippen LogP contribution in [-0.2, 0) is 9.53 Å². The third kappa shape index (κ3) is 4.61. The minimum atomic E-state index is -1.17. The first-order valence-corrected chi connectivity index (χ1v) is 10.7. The molecule has 4 rings (SSSR count). The van der Waals surface area contributed by atoms with Gasteiger partial charge in [0.25, 0.3) is 11.9 Å². The van der Waals surface area contributed by atoms with Gasteiger partial charge < -0.3 is 15.2 Å². The fraction of sp³-hybridized carbons (Fsp3) is 0.292. The number of hydrogen-bond acceptors (Lipinski definition) is 6. The van der Waals surface area contributed by atoms with E-state index in [1.807, 2.05) is 48.5 Å². The number of ether oxygens (including phenoxy) is 1. The second-order valence-electron chi connectivity index (χ2n) is 9.07. The van der Waals surface area contributed by atoms with Gasteiger partial charge >= 0.3 is 12.1 Å². The molecule has 1 aromatic heterocycles. The maximum atomic E-state index is 12.4. The van der Waals surface area contributed by atoms with E-state index in [1.54, 1.807) is 20.8 Å². The van der Waals surface area contributed by atoms with Gasteiger partial charge in [-0.1, -0.05) is 69.3 Å². The molecular weight excluding hydrogens is 438 g/mol. The Bertz CT molecular complexity index is 1200. The van der Waals surface area contributed by atoms with Crippen molar-refractivity contribution >= 4 is 23.9 Å². The summed E-state index contributed by atoms with van der Waals surface area (Å²) < 4.78 is 5.43. The van der Waals surface area contributed by atoms with Crippen LogP contribution < -0.4 is 10.6 Å². The van der Waals surface area contributed by atoms with Gasteiger partial charge in [0.2, 0.25) is 5.82 Å². The Morgan fingerprint density at radius 1 is 1.06 bits per heavy atom. The van der Waals surface area contributed by atoms with Crippen molar-refractivity contribution in [3.05, 3.63) is 65.5 Å². The van der Waals surface area contributed by atoms with E-state index in [2.05, 4.69) is 25.8 Å². The molecule has 1 aliphatic rings. The Kier molecular flexibility index (Phi) is 6.06. The first kappa shape index (κ1) is 23.0. The van der Waals surface area contributed by atoms with E-state index in [0.717, 1.165) is 22.3 Å². The average molecular weight is 463 g/mol. The van der Waals surface area contributed by atoms with Gasteiger partial charge in [-0.15, -0.1) is 5.10 Å². The lowest BCUT2D eigenvalue weighted by atomic mass is 9.87. The second kappa shape index (κ2) is 8.97. The Morgan fingerprint density at radius 2 is 1.65 bits per heavy atom. The summed E-state index contributed by atoms with van der Waals surface area (Å²) in [5.41, 5.74) is 3.68. The van der Waals surface area contributed by atoms with Crippen LogP contribution in [0.15, 0.2) is 48.5 Å². The molecular formula is C24H25N5O5. The van der Waals surface area contributed by atoms with E-state index >= 15 is 0 Å². The minimum absolute atomic E-state index is 0.100. The van der Waals surface area contributed by atoms with Crippen molar-refractivity contribution in [2.24, 2.45) is 5.41 Å². The van der Waals surface area contributed by atoms with Gasteiger partial charge in [-0.2, -0.15) is 4.98 Å². The molecule has 1 aliphatic carbocycles. The van der Waals surface area contributed by atoms with E-state index in [4.69, 9.17) is 4.74 Å². The Balaban J connectivity index is 1.38. The SMILES string of the molecule is CC(C)(C)[C@@H](NC(=O)c1nc(NC(=O)OCC2c3ccccc3-c3ccccc32)n[nH]1)C(=O)O. The topological polar surface area (TPSA) is 146 Å². The molecule has 10 nitrogen and oxygen atoms in total. The summed E-state index contributed by atoms with van der Waals surface area (Å²) >= 11 is 0. The summed E-state index contributed by atoms with van der Waals surface area (Å²) in [5.74, 6) is -2.42.